The molecule has 0 aromatic heterocycles. The molecule has 2 N–H and O–H groups in total. The highest BCUT2D eigenvalue weighted by atomic mass is 35.5. The van der Waals surface area contributed by atoms with Crippen molar-refractivity contribution in [1.82, 2.24) is 10.2 Å². The second-order valence-corrected chi connectivity index (χ2v) is 4.95. The third-order valence-electron chi connectivity index (χ3n) is 3.17. The van der Waals surface area contributed by atoms with Gasteiger partial charge in [-0.1, -0.05) is 23.7 Å². The third kappa shape index (κ3) is 3.96. The van der Waals surface area contributed by atoms with Gasteiger partial charge in [-0.15, -0.1) is 0 Å². The average molecular weight is 255 g/mol. The summed E-state index contributed by atoms with van der Waals surface area (Å²) in [6.45, 7) is 4.18. The van der Waals surface area contributed by atoms with Crippen molar-refractivity contribution in [2.75, 3.05) is 32.8 Å². The molecular weight excluding hydrogens is 236 g/mol. The Morgan fingerprint density at radius 2 is 2.35 bits per heavy atom. The van der Waals surface area contributed by atoms with Crippen molar-refractivity contribution >= 4 is 11.6 Å². The summed E-state index contributed by atoms with van der Waals surface area (Å²) in [6, 6.07) is 8.25. The fraction of sp³-hybridized carbons (Fsp3) is 0.538. The van der Waals surface area contributed by atoms with Crippen molar-refractivity contribution in [3.63, 3.8) is 0 Å². The molecule has 94 valence electrons. The number of hydrogen-bond acceptors (Lipinski definition) is 3. The van der Waals surface area contributed by atoms with E-state index in [0.29, 0.717) is 0 Å². The van der Waals surface area contributed by atoms with E-state index in [0.717, 1.165) is 37.6 Å². The number of hydrogen-bond donors (Lipinski definition) is 2. The summed E-state index contributed by atoms with van der Waals surface area (Å²) in [5.74, 6) is 0. The molecule has 0 amide bonds. The number of benzene rings is 1. The lowest BCUT2D eigenvalue weighted by atomic mass is 10.1. The maximum atomic E-state index is 9.12. The summed E-state index contributed by atoms with van der Waals surface area (Å²) in [4.78, 5) is 2.39. The molecule has 0 radical (unpaired) electrons. The van der Waals surface area contributed by atoms with Crippen molar-refractivity contribution in [2.45, 2.75) is 12.5 Å². The van der Waals surface area contributed by atoms with Gasteiger partial charge in [-0.2, -0.15) is 0 Å². The molecule has 2 rings (SSSR count). The fourth-order valence-corrected chi connectivity index (χ4v) is 2.41. The van der Waals surface area contributed by atoms with E-state index in [2.05, 4.69) is 16.3 Å². The molecule has 1 fully saturated rings. The summed E-state index contributed by atoms with van der Waals surface area (Å²) in [5, 5.41) is 13.2. The van der Waals surface area contributed by atoms with Crippen LogP contribution < -0.4 is 5.32 Å². The molecule has 4 heteroatoms. The van der Waals surface area contributed by atoms with Crippen LogP contribution in [0.5, 0.6) is 0 Å². The minimum Gasteiger partial charge on any atom is -0.395 e. The molecule has 1 aromatic rings. The van der Waals surface area contributed by atoms with Crippen LogP contribution in [-0.4, -0.2) is 48.8 Å². The molecule has 1 aliphatic heterocycles. The average Bonchev–Trinajstić information content (AvgIpc) is 2.37. The van der Waals surface area contributed by atoms with Gasteiger partial charge in [0.2, 0.25) is 0 Å². The predicted octanol–water partition coefficient (Wildman–Crippen LogP) is 1.15. The zero-order valence-corrected chi connectivity index (χ0v) is 10.7. The molecule has 3 nitrogen and oxygen atoms in total. The van der Waals surface area contributed by atoms with Crippen LogP contribution in [0.25, 0.3) is 0 Å². The molecule has 0 saturated carbocycles. The summed E-state index contributed by atoms with van der Waals surface area (Å²) >= 11 is 5.96. The number of nitrogens with zero attached hydrogens (tertiary/aromatic N) is 1. The third-order valence-corrected chi connectivity index (χ3v) is 3.40. The van der Waals surface area contributed by atoms with E-state index >= 15 is 0 Å². The topological polar surface area (TPSA) is 35.5 Å². The van der Waals surface area contributed by atoms with E-state index in [-0.39, 0.29) is 12.6 Å². The van der Waals surface area contributed by atoms with Gasteiger partial charge in [0.15, 0.2) is 0 Å². The number of aliphatic hydroxyl groups excluding tert-OH is 1. The smallest absolute Gasteiger partial charge is 0.0597 e. The summed E-state index contributed by atoms with van der Waals surface area (Å²) in [5.41, 5.74) is 1.27. The molecule has 0 spiro atoms. The van der Waals surface area contributed by atoms with Gasteiger partial charge in [0.25, 0.3) is 0 Å². The van der Waals surface area contributed by atoms with Crippen LogP contribution in [0.2, 0.25) is 5.02 Å². The maximum Gasteiger partial charge on any atom is 0.0597 e. The molecule has 1 heterocycles. The first-order valence-electron chi connectivity index (χ1n) is 6.09. The second kappa shape index (κ2) is 6.36. The lowest BCUT2D eigenvalue weighted by molar-refractivity contribution is 0.149. The largest absolute Gasteiger partial charge is 0.395 e. The Balaban J connectivity index is 1.81. The van der Waals surface area contributed by atoms with Crippen molar-refractivity contribution in [3.05, 3.63) is 34.9 Å². The Bertz CT molecular complexity index is 359. The Labute approximate surface area is 107 Å². The zero-order chi connectivity index (χ0) is 12.1. The van der Waals surface area contributed by atoms with Crippen molar-refractivity contribution in [3.8, 4) is 0 Å². The van der Waals surface area contributed by atoms with E-state index in [1.54, 1.807) is 0 Å². The van der Waals surface area contributed by atoms with Gasteiger partial charge in [-0.25, -0.2) is 0 Å². The Morgan fingerprint density at radius 1 is 1.47 bits per heavy atom. The van der Waals surface area contributed by atoms with E-state index < -0.39 is 0 Å². The normalized spacial score (nSPS) is 21.6. The van der Waals surface area contributed by atoms with Crippen LogP contribution in [0.4, 0.5) is 0 Å². The summed E-state index contributed by atoms with van der Waals surface area (Å²) in [7, 11) is 0. The maximum absolute atomic E-state index is 9.12. The molecule has 17 heavy (non-hydrogen) atoms. The lowest BCUT2D eigenvalue weighted by Gasteiger charge is -2.32. The van der Waals surface area contributed by atoms with Crippen LogP contribution in [-0.2, 0) is 6.42 Å². The van der Waals surface area contributed by atoms with Crippen LogP contribution in [0, 0.1) is 0 Å². The first-order valence-corrected chi connectivity index (χ1v) is 6.47. The second-order valence-electron chi connectivity index (χ2n) is 4.51. The van der Waals surface area contributed by atoms with Crippen LogP contribution >= 0.6 is 11.6 Å². The molecule has 0 bridgehead atoms. The fourth-order valence-electron chi connectivity index (χ4n) is 2.20. The number of rotatable bonds is 4. The molecule has 1 atom stereocenters. The molecule has 1 saturated heterocycles. The SMILES string of the molecule is OC[C@@H]1CN(CCc2cccc(Cl)c2)CCN1. The van der Waals surface area contributed by atoms with E-state index in [9.17, 15) is 0 Å². The quantitative estimate of drug-likeness (QED) is 0.846. The molecule has 1 aliphatic rings. The van der Waals surface area contributed by atoms with Crippen molar-refractivity contribution in [2.24, 2.45) is 0 Å². The molecule has 0 unspecified atom stereocenters. The van der Waals surface area contributed by atoms with Crippen molar-refractivity contribution < 1.29 is 5.11 Å². The van der Waals surface area contributed by atoms with E-state index in [4.69, 9.17) is 16.7 Å². The molecular formula is C13H19ClN2O. The number of nitrogens with one attached hydrogen (secondary N) is 1. The van der Waals surface area contributed by atoms with Gasteiger partial charge in [-0.3, -0.25) is 0 Å². The number of halogens is 1. The van der Waals surface area contributed by atoms with Gasteiger partial charge < -0.3 is 15.3 Å². The summed E-state index contributed by atoms with van der Waals surface area (Å²) in [6.07, 6.45) is 1.01. The summed E-state index contributed by atoms with van der Waals surface area (Å²) < 4.78 is 0. The Kier molecular flexibility index (Phi) is 4.80. The van der Waals surface area contributed by atoms with Crippen LogP contribution in [0.3, 0.4) is 0 Å². The first kappa shape index (κ1) is 12.8. The Hall–Kier alpha value is -0.610. The molecule has 0 aliphatic carbocycles. The monoisotopic (exact) mass is 254 g/mol. The minimum atomic E-state index is 0.216. The highest BCUT2D eigenvalue weighted by Gasteiger charge is 2.17. The van der Waals surface area contributed by atoms with Crippen molar-refractivity contribution in [1.29, 1.82) is 0 Å². The number of aliphatic hydroxyl groups is 1. The lowest BCUT2D eigenvalue weighted by Crippen LogP contribution is -2.52. The Morgan fingerprint density at radius 3 is 3.12 bits per heavy atom. The van der Waals surface area contributed by atoms with E-state index in [1.807, 2.05) is 18.2 Å². The highest BCUT2D eigenvalue weighted by molar-refractivity contribution is 6.30. The predicted molar refractivity (Wildman–Crippen MR) is 70.5 cm³/mol. The van der Waals surface area contributed by atoms with Crippen LogP contribution in [0.15, 0.2) is 24.3 Å². The standard InChI is InChI=1S/C13H19ClN2O/c14-12-3-1-2-11(8-12)4-6-16-7-5-15-13(9-16)10-17/h1-3,8,13,15,17H,4-7,9-10H2/t13-/m0/s1. The highest BCUT2D eigenvalue weighted by Crippen LogP contribution is 2.11. The van der Waals surface area contributed by atoms with Gasteiger partial charge in [-0.05, 0) is 24.1 Å². The first-order chi connectivity index (χ1) is 8.28. The van der Waals surface area contributed by atoms with Gasteiger partial charge in [0.1, 0.15) is 0 Å². The minimum absolute atomic E-state index is 0.216. The molecule has 1 aromatic carbocycles. The number of piperazine rings is 1. The van der Waals surface area contributed by atoms with E-state index in [1.165, 1.54) is 5.56 Å². The van der Waals surface area contributed by atoms with Gasteiger partial charge >= 0.3 is 0 Å². The van der Waals surface area contributed by atoms with Gasteiger partial charge in [0.05, 0.1) is 6.61 Å². The zero-order valence-electron chi connectivity index (χ0n) is 9.90. The van der Waals surface area contributed by atoms with Crippen LogP contribution in [0.1, 0.15) is 5.56 Å². The van der Waals surface area contributed by atoms with Gasteiger partial charge in [0, 0.05) is 37.2 Å².